The fourth-order valence-corrected chi connectivity index (χ4v) is 1.63. The minimum absolute atomic E-state index is 0.181. The molecule has 1 rings (SSSR count). The molecule has 0 aromatic heterocycles. The Morgan fingerprint density at radius 3 is 2.69 bits per heavy atom. The van der Waals surface area contributed by atoms with E-state index in [-0.39, 0.29) is 11.5 Å². The SMILES string of the molecule is CNC(=O)/C=C/c1cc(I)ccc1C(=O)O. The van der Waals surface area contributed by atoms with E-state index in [1.807, 2.05) is 0 Å². The van der Waals surface area contributed by atoms with Crippen LogP contribution in [0.1, 0.15) is 15.9 Å². The molecule has 1 aromatic rings. The lowest BCUT2D eigenvalue weighted by atomic mass is 10.1. The number of halogens is 1. The highest BCUT2D eigenvalue weighted by molar-refractivity contribution is 14.1. The van der Waals surface area contributed by atoms with Crippen molar-refractivity contribution in [1.29, 1.82) is 0 Å². The third-order valence-electron chi connectivity index (χ3n) is 1.90. The minimum Gasteiger partial charge on any atom is -0.478 e. The molecule has 2 N–H and O–H groups in total. The third kappa shape index (κ3) is 3.34. The Bertz CT molecular complexity index is 455. The van der Waals surface area contributed by atoms with Gasteiger partial charge < -0.3 is 10.4 Å². The van der Waals surface area contributed by atoms with Gasteiger partial charge in [0.25, 0.3) is 0 Å². The van der Waals surface area contributed by atoms with Crippen LogP contribution in [0.25, 0.3) is 6.08 Å². The summed E-state index contributed by atoms with van der Waals surface area (Å²) in [4.78, 5) is 21.9. The summed E-state index contributed by atoms with van der Waals surface area (Å²) in [6.45, 7) is 0. The lowest BCUT2D eigenvalue weighted by molar-refractivity contribution is -0.115. The van der Waals surface area contributed by atoms with Gasteiger partial charge in [-0.3, -0.25) is 4.79 Å². The molecular weight excluding hydrogens is 321 g/mol. The Morgan fingerprint density at radius 2 is 2.12 bits per heavy atom. The van der Waals surface area contributed by atoms with Gasteiger partial charge >= 0.3 is 5.97 Å². The molecule has 84 valence electrons. The largest absolute Gasteiger partial charge is 0.478 e. The van der Waals surface area contributed by atoms with Gasteiger partial charge in [0.15, 0.2) is 0 Å². The summed E-state index contributed by atoms with van der Waals surface area (Å²) < 4.78 is 0.916. The van der Waals surface area contributed by atoms with E-state index >= 15 is 0 Å². The van der Waals surface area contributed by atoms with Crippen LogP contribution in [0.15, 0.2) is 24.3 Å². The molecule has 0 saturated carbocycles. The fourth-order valence-electron chi connectivity index (χ4n) is 1.12. The van der Waals surface area contributed by atoms with Gasteiger partial charge in [0.2, 0.25) is 5.91 Å². The van der Waals surface area contributed by atoms with Crippen molar-refractivity contribution in [2.24, 2.45) is 0 Å². The highest BCUT2D eigenvalue weighted by Gasteiger charge is 2.07. The van der Waals surface area contributed by atoms with Crippen LogP contribution in [-0.2, 0) is 4.79 Å². The van der Waals surface area contributed by atoms with E-state index < -0.39 is 5.97 Å². The van der Waals surface area contributed by atoms with Gasteiger partial charge in [0.05, 0.1) is 5.56 Å². The van der Waals surface area contributed by atoms with E-state index in [1.165, 1.54) is 25.3 Å². The second kappa shape index (κ2) is 5.64. The number of hydrogen-bond donors (Lipinski definition) is 2. The summed E-state index contributed by atoms with van der Waals surface area (Å²) in [6.07, 6.45) is 2.79. The zero-order chi connectivity index (χ0) is 12.1. The number of carboxylic acids is 1. The van der Waals surface area contributed by atoms with Gasteiger partial charge in [-0.15, -0.1) is 0 Å². The van der Waals surface area contributed by atoms with Crippen molar-refractivity contribution in [2.75, 3.05) is 7.05 Å². The standard InChI is InChI=1S/C11H10INO3/c1-13-10(14)5-2-7-6-8(12)3-4-9(7)11(15)16/h2-6H,1H3,(H,13,14)(H,15,16)/b5-2+. The number of carboxylic acid groups (broad SMARTS) is 1. The van der Waals surface area contributed by atoms with Crippen molar-refractivity contribution in [3.8, 4) is 0 Å². The van der Waals surface area contributed by atoms with Crippen LogP contribution in [-0.4, -0.2) is 24.0 Å². The maximum atomic E-state index is 11.0. The van der Waals surface area contributed by atoms with Gasteiger partial charge in [-0.25, -0.2) is 4.79 Å². The lowest BCUT2D eigenvalue weighted by Crippen LogP contribution is -2.14. The van der Waals surface area contributed by atoms with Gasteiger partial charge in [-0.2, -0.15) is 0 Å². The molecule has 0 unspecified atom stereocenters. The molecule has 16 heavy (non-hydrogen) atoms. The average molecular weight is 331 g/mol. The Morgan fingerprint density at radius 1 is 1.44 bits per heavy atom. The molecule has 1 amide bonds. The van der Waals surface area contributed by atoms with Crippen LogP contribution in [0.4, 0.5) is 0 Å². The summed E-state index contributed by atoms with van der Waals surface area (Å²) in [5, 5.41) is 11.4. The Labute approximate surface area is 106 Å². The number of amides is 1. The first-order valence-corrected chi connectivity index (χ1v) is 5.55. The number of benzene rings is 1. The van der Waals surface area contributed by atoms with Crippen LogP contribution < -0.4 is 5.32 Å². The van der Waals surface area contributed by atoms with Gasteiger partial charge in [0.1, 0.15) is 0 Å². The second-order valence-corrected chi connectivity index (χ2v) is 4.23. The van der Waals surface area contributed by atoms with Crippen molar-refractivity contribution < 1.29 is 14.7 Å². The predicted octanol–water partition coefficient (Wildman–Crippen LogP) is 1.75. The predicted molar refractivity (Wildman–Crippen MR) is 69.2 cm³/mol. The molecule has 0 aliphatic rings. The molecule has 0 spiro atoms. The van der Waals surface area contributed by atoms with Crippen LogP contribution >= 0.6 is 22.6 Å². The minimum atomic E-state index is -1.01. The Kier molecular flexibility index (Phi) is 4.48. The monoisotopic (exact) mass is 331 g/mol. The number of nitrogens with one attached hydrogen (secondary N) is 1. The Hall–Kier alpha value is -1.37. The molecule has 5 heteroatoms. The fraction of sp³-hybridized carbons (Fsp3) is 0.0909. The number of hydrogen-bond acceptors (Lipinski definition) is 2. The van der Waals surface area contributed by atoms with Crippen molar-refractivity contribution in [2.45, 2.75) is 0 Å². The highest BCUT2D eigenvalue weighted by Crippen LogP contribution is 2.15. The summed E-state index contributed by atoms with van der Waals surface area (Å²) in [5.74, 6) is -1.27. The zero-order valence-corrected chi connectivity index (χ0v) is 10.7. The van der Waals surface area contributed by atoms with Crippen LogP contribution in [0, 0.1) is 3.57 Å². The van der Waals surface area contributed by atoms with Crippen LogP contribution in [0.2, 0.25) is 0 Å². The Balaban J connectivity index is 3.10. The van der Waals surface area contributed by atoms with Crippen molar-refractivity contribution in [3.05, 3.63) is 39.0 Å². The lowest BCUT2D eigenvalue weighted by Gasteiger charge is -2.01. The first kappa shape index (κ1) is 12.7. The van der Waals surface area contributed by atoms with Crippen LogP contribution in [0.3, 0.4) is 0 Å². The first-order valence-electron chi connectivity index (χ1n) is 4.47. The molecule has 0 fully saturated rings. The summed E-state index contributed by atoms with van der Waals surface area (Å²) in [5.41, 5.74) is 0.698. The maximum Gasteiger partial charge on any atom is 0.336 e. The summed E-state index contributed by atoms with van der Waals surface area (Å²) in [6, 6.07) is 4.94. The second-order valence-electron chi connectivity index (χ2n) is 2.98. The van der Waals surface area contributed by atoms with Crippen LogP contribution in [0.5, 0.6) is 0 Å². The van der Waals surface area contributed by atoms with E-state index in [1.54, 1.807) is 12.1 Å². The molecule has 0 aliphatic heterocycles. The van der Waals surface area contributed by atoms with E-state index in [9.17, 15) is 9.59 Å². The topological polar surface area (TPSA) is 66.4 Å². The molecular formula is C11H10INO3. The van der Waals surface area contributed by atoms with Gasteiger partial charge in [0, 0.05) is 16.7 Å². The molecule has 0 atom stereocenters. The maximum absolute atomic E-state index is 11.0. The molecule has 0 aliphatic carbocycles. The smallest absolute Gasteiger partial charge is 0.336 e. The first-order chi connectivity index (χ1) is 7.54. The van der Waals surface area contributed by atoms with Crippen molar-refractivity contribution in [3.63, 3.8) is 0 Å². The molecule has 0 saturated heterocycles. The van der Waals surface area contributed by atoms with Gasteiger partial charge in [-0.1, -0.05) is 0 Å². The van der Waals surface area contributed by atoms with E-state index in [2.05, 4.69) is 27.9 Å². The number of aromatic carboxylic acids is 1. The normalized spacial score (nSPS) is 10.4. The van der Waals surface area contributed by atoms with E-state index in [0.29, 0.717) is 5.56 Å². The molecule has 0 radical (unpaired) electrons. The number of carbonyl (C=O) groups excluding carboxylic acids is 1. The summed E-state index contributed by atoms with van der Waals surface area (Å²) >= 11 is 2.08. The molecule has 0 bridgehead atoms. The molecule has 0 heterocycles. The average Bonchev–Trinajstić information content (AvgIpc) is 2.25. The van der Waals surface area contributed by atoms with Crippen molar-refractivity contribution in [1.82, 2.24) is 5.32 Å². The third-order valence-corrected chi connectivity index (χ3v) is 2.58. The molecule has 4 nitrogen and oxygen atoms in total. The summed E-state index contributed by atoms with van der Waals surface area (Å²) in [7, 11) is 1.51. The zero-order valence-electron chi connectivity index (χ0n) is 8.53. The van der Waals surface area contributed by atoms with E-state index in [0.717, 1.165) is 3.57 Å². The van der Waals surface area contributed by atoms with Crippen molar-refractivity contribution >= 4 is 40.5 Å². The molecule has 1 aromatic carbocycles. The number of rotatable bonds is 3. The number of likely N-dealkylation sites (N-methyl/N-ethyl adjacent to an activating group) is 1. The van der Waals surface area contributed by atoms with Gasteiger partial charge in [-0.05, 0) is 52.4 Å². The number of carbonyl (C=O) groups is 2. The van der Waals surface area contributed by atoms with E-state index in [4.69, 9.17) is 5.11 Å². The highest BCUT2D eigenvalue weighted by atomic mass is 127. The quantitative estimate of drug-likeness (QED) is 0.655.